The molecule has 1 fully saturated rings. The molecule has 1 saturated heterocycles. The van der Waals surface area contributed by atoms with Crippen molar-refractivity contribution >= 4 is 5.82 Å². The zero-order valence-corrected chi connectivity index (χ0v) is 14.2. The monoisotopic (exact) mass is 315 g/mol. The van der Waals surface area contributed by atoms with Crippen LogP contribution >= 0.6 is 0 Å². The van der Waals surface area contributed by atoms with E-state index in [2.05, 4.69) is 46.1 Å². The normalized spacial score (nSPS) is 17.6. The molecule has 23 heavy (non-hydrogen) atoms. The lowest BCUT2D eigenvalue weighted by Gasteiger charge is -2.22. The van der Waals surface area contributed by atoms with Crippen LogP contribution in [0.4, 0.5) is 5.82 Å². The number of hydrogen-bond acceptors (Lipinski definition) is 5. The van der Waals surface area contributed by atoms with E-state index in [-0.39, 0.29) is 0 Å². The first-order valence-electron chi connectivity index (χ1n) is 8.39. The number of aromatic nitrogens is 4. The Kier molecular flexibility index (Phi) is 4.91. The number of anilines is 1. The molecule has 0 aromatic carbocycles. The van der Waals surface area contributed by atoms with Gasteiger partial charge in [0.15, 0.2) is 0 Å². The van der Waals surface area contributed by atoms with Crippen molar-refractivity contribution < 1.29 is 4.74 Å². The molecular formula is C17H25N5O. The van der Waals surface area contributed by atoms with E-state index >= 15 is 0 Å². The minimum absolute atomic E-state index is 0.400. The predicted molar refractivity (Wildman–Crippen MR) is 89.6 cm³/mol. The summed E-state index contributed by atoms with van der Waals surface area (Å²) in [6.45, 7) is 10.4. The highest BCUT2D eigenvalue weighted by Gasteiger charge is 2.21. The third-order valence-corrected chi connectivity index (χ3v) is 4.28. The number of rotatable bonds is 6. The Morgan fingerprint density at radius 1 is 1.35 bits per heavy atom. The van der Waals surface area contributed by atoms with Crippen LogP contribution in [-0.4, -0.2) is 39.5 Å². The van der Waals surface area contributed by atoms with Crippen LogP contribution in [0.5, 0.6) is 0 Å². The van der Waals surface area contributed by atoms with Gasteiger partial charge in [-0.05, 0) is 27.2 Å². The van der Waals surface area contributed by atoms with Gasteiger partial charge in [0.1, 0.15) is 11.6 Å². The Morgan fingerprint density at radius 2 is 2.22 bits per heavy atom. The molecule has 1 atom stereocenters. The first-order chi connectivity index (χ1) is 11.2. The summed E-state index contributed by atoms with van der Waals surface area (Å²) in [7, 11) is 0. The maximum atomic E-state index is 5.50. The first-order valence-corrected chi connectivity index (χ1v) is 8.39. The average Bonchev–Trinajstić information content (AvgIpc) is 3.23. The minimum atomic E-state index is 0.400. The maximum Gasteiger partial charge on any atom is 0.132 e. The molecule has 0 N–H and O–H groups in total. The van der Waals surface area contributed by atoms with Gasteiger partial charge in [0.05, 0.1) is 18.5 Å². The maximum absolute atomic E-state index is 5.50. The van der Waals surface area contributed by atoms with E-state index in [1.54, 1.807) is 0 Å². The summed E-state index contributed by atoms with van der Waals surface area (Å²) in [5.74, 6) is 2.22. The van der Waals surface area contributed by atoms with Gasteiger partial charge in [-0.15, -0.1) is 0 Å². The standard InChI is InChI=1S/C17H25N5O/c1-4-21(10-14-9-18-22(5-2)11-14)17-8-16(19-13(3)20-17)15-6-7-23-12-15/h8-9,11,15H,4-7,10,12H2,1-3H3. The van der Waals surface area contributed by atoms with E-state index in [1.165, 1.54) is 5.56 Å². The molecule has 3 rings (SSSR count). The first kappa shape index (κ1) is 15.9. The molecule has 0 bridgehead atoms. The number of nitrogens with zero attached hydrogens (tertiary/aromatic N) is 5. The van der Waals surface area contributed by atoms with Gasteiger partial charge >= 0.3 is 0 Å². The highest BCUT2D eigenvalue weighted by molar-refractivity contribution is 5.41. The van der Waals surface area contributed by atoms with E-state index in [1.807, 2.05) is 17.8 Å². The Balaban J connectivity index is 1.82. The molecule has 0 spiro atoms. The molecule has 1 aliphatic rings. The van der Waals surface area contributed by atoms with Crippen LogP contribution in [0.2, 0.25) is 0 Å². The highest BCUT2D eigenvalue weighted by atomic mass is 16.5. The van der Waals surface area contributed by atoms with E-state index < -0.39 is 0 Å². The molecule has 2 aromatic rings. The van der Waals surface area contributed by atoms with Crippen molar-refractivity contribution in [1.29, 1.82) is 0 Å². The topological polar surface area (TPSA) is 56.1 Å². The van der Waals surface area contributed by atoms with Gasteiger partial charge in [0, 0.05) is 50.0 Å². The SMILES string of the molecule is CCN(Cc1cnn(CC)c1)c1cc(C2CCOC2)nc(C)n1. The largest absolute Gasteiger partial charge is 0.381 e. The van der Waals surface area contributed by atoms with Crippen molar-refractivity contribution in [2.24, 2.45) is 0 Å². The molecular weight excluding hydrogens is 290 g/mol. The van der Waals surface area contributed by atoms with Gasteiger partial charge in [-0.3, -0.25) is 4.68 Å². The Morgan fingerprint density at radius 3 is 2.87 bits per heavy atom. The fourth-order valence-corrected chi connectivity index (χ4v) is 2.95. The van der Waals surface area contributed by atoms with Crippen molar-refractivity contribution in [3.8, 4) is 0 Å². The summed E-state index contributed by atoms with van der Waals surface area (Å²) in [6, 6.07) is 2.13. The van der Waals surface area contributed by atoms with Gasteiger partial charge in [-0.1, -0.05) is 0 Å². The summed E-state index contributed by atoms with van der Waals surface area (Å²) in [5.41, 5.74) is 2.31. The van der Waals surface area contributed by atoms with Gasteiger partial charge in [-0.2, -0.15) is 5.10 Å². The molecule has 3 heterocycles. The second kappa shape index (κ2) is 7.08. The third kappa shape index (κ3) is 3.69. The van der Waals surface area contributed by atoms with E-state index in [0.717, 1.165) is 56.6 Å². The summed E-state index contributed by atoms with van der Waals surface area (Å²) in [6.07, 6.45) is 5.08. The van der Waals surface area contributed by atoms with Gasteiger partial charge < -0.3 is 9.64 Å². The lowest BCUT2D eigenvalue weighted by Crippen LogP contribution is -2.24. The zero-order valence-electron chi connectivity index (χ0n) is 14.2. The van der Waals surface area contributed by atoms with Crippen LogP contribution in [0, 0.1) is 6.92 Å². The minimum Gasteiger partial charge on any atom is -0.381 e. The molecule has 124 valence electrons. The van der Waals surface area contributed by atoms with Crippen LogP contribution in [0.3, 0.4) is 0 Å². The fourth-order valence-electron chi connectivity index (χ4n) is 2.95. The van der Waals surface area contributed by atoms with Crippen molar-refractivity contribution in [2.45, 2.75) is 46.2 Å². The molecule has 1 aliphatic heterocycles. The van der Waals surface area contributed by atoms with Gasteiger partial charge in [0.25, 0.3) is 0 Å². The van der Waals surface area contributed by atoms with Crippen molar-refractivity contribution in [3.05, 3.63) is 35.5 Å². The van der Waals surface area contributed by atoms with E-state index in [4.69, 9.17) is 4.74 Å². The molecule has 6 heteroatoms. The lowest BCUT2D eigenvalue weighted by molar-refractivity contribution is 0.193. The van der Waals surface area contributed by atoms with Crippen LogP contribution in [0.1, 0.15) is 43.3 Å². The Bertz CT molecular complexity index is 648. The average molecular weight is 315 g/mol. The summed E-state index contributed by atoms with van der Waals surface area (Å²) < 4.78 is 7.46. The molecule has 2 aromatic heterocycles. The summed E-state index contributed by atoms with van der Waals surface area (Å²) in [4.78, 5) is 11.5. The van der Waals surface area contributed by atoms with Crippen molar-refractivity contribution in [1.82, 2.24) is 19.7 Å². The van der Waals surface area contributed by atoms with Gasteiger partial charge in [-0.25, -0.2) is 9.97 Å². The third-order valence-electron chi connectivity index (χ3n) is 4.28. The Labute approximate surface area is 137 Å². The zero-order chi connectivity index (χ0) is 16.2. The van der Waals surface area contributed by atoms with Crippen LogP contribution < -0.4 is 4.90 Å². The lowest BCUT2D eigenvalue weighted by atomic mass is 10.0. The van der Waals surface area contributed by atoms with Gasteiger partial charge in [0.2, 0.25) is 0 Å². The number of ether oxygens (including phenoxy) is 1. The molecule has 0 amide bonds. The van der Waals surface area contributed by atoms with Crippen LogP contribution in [-0.2, 0) is 17.8 Å². The molecule has 0 saturated carbocycles. The second-order valence-corrected chi connectivity index (χ2v) is 5.98. The van der Waals surface area contributed by atoms with E-state index in [9.17, 15) is 0 Å². The second-order valence-electron chi connectivity index (χ2n) is 5.98. The van der Waals surface area contributed by atoms with E-state index in [0.29, 0.717) is 5.92 Å². The van der Waals surface area contributed by atoms with Crippen LogP contribution in [0.15, 0.2) is 18.5 Å². The quantitative estimate of drug-likeness (QED) is 0.820. The number of aryl methyl sites for hydroxylation is 2. The van der Waals surface area contributed by atoms with Crippen molar-refractivity contribution in [2.75, 3.05) is 24.7 Å². The molecule has 0 radical (unpaired) electrons. The fraction of sp³-hybridized carbons (Fsp3) is 0.588. The summed E-state index contributed by atoms with van der Waals surface area (Å²) >= 11 is 0. The smallest absolute Gasteiger partial charge is 0.132 e. The summed E-state index contributed by atoms with van der Waals surface area (Å²) in [5, 5.41) is 4.35. The molecule has 0 aliphatic carbocycles. The predicted octanol–water partition coefficient (Wildman–Crippen LogP) is 2.53. The highest BCUT2D eigenvalue weighted by Crippen LogP contribution is 2.26. The molecule has 6 nitrogen and oxygen atoms in total. The molecule has 1 unspecified atom stereocenters. The Hall–Kier alpha value is -1.95. The van der Waals surface area contributed by atoms with Crippen molar-refractivity contribution in [3.63, 3.8) is 0 Å². The van der Waals surface area contributed by atoms with Crippen LogP contribution in [0.25, 0.3) is 0 Å². The number of hydrogen-bond donors (Lipinski definition) is 0.